The molecule has 0 saturated carbocycles. The van der Waals surface area contributed by atoms with E-state index in [0.29, 0.717) is 5.71 Å². The molecule has 0 saturated heterocycles. The number of nitrogens with zero attached hydrogens (tertiary/aromatic N) is 1. The molecule has 3 aromatic rings. The highest BCUT2D eigenvalue weighted by Crippen LogP contribution is 2.18. The Morgan fingerprint density at radius 1 is 0.684 bits per heavy atom. The van der Waals surface area contributed by atoms with Gasteiger partial charge in [-0.1, -0.05) is 71.9 Å². The smallest absolute Gasteiger partial charge is 0.117 e. The summed E-state index contributed by atoms with van der Waals surface area (Å²) in [4.78, 5) is 0. The highest BCUT2D eigenvalue weighted by molar-refractivity contribution is 6.13. The molecule has 0 aliphatic carbocycles. The number of fused-ring (bicyclic) bond motifs is 1. The summed E-state index contributed by atoms with van der Waals surface area (Å²) in [5.41, 5.74) is 2.40. The summed E-state index contributed by atoms with van der Waals surface area (Å²) in [6.07, 6.45) is 0. The fraction of sp³-hybridized carbons (Fsp3) is 0. The molecule has 92 valence electrons. The van der Waals surface area contributed by atoms with Gasteiger partial charge in [-0.3, -0.25) is 0 Å². The van der Waals surface area contributed by atoms with Crippen LogP contribution in [-0.2, 0) is 0 Å². The molecule has 3 rings (SSSR count). The maximum atomic E-state index is 9.29. The van der Waals surface area contributed by atoms with Gasteiger partial charge in [0, 0.05) is 11.1 Å². The molecule has 2 nitrogen and oxygen atoms in total. The van der Waals surface area contributed by atoms with E-state index >= 15 is 0 Å². The zero-order valence-electron chi connectivity index (χ0n) is 10.3. The molecule has 3 aromatic carbocycles. The maximum absolute atomic E-state index is 9.29. The lowest BCUT2D eigenvalue weighted by Crippen LogP contribution is -2.02. The second-order valence-corrected chi connectivity index (χ2v) is 4.38. The molecule has 0 amide bonds. The molecule has 0 aliphatic rings. The van der Waals surface area contributed by atoms with Crippen molar-refractivity contribution in [2.45, 2.75) is 0 Å². The molecule has 0 bridgehead atoms. The first-order valence-electron chi connectivity index (χ1n) is 6.15. The molecule has 1 N–H and O–H groups in total. The molecule has 0 aliphatic heterocycles. The second-order valence-electron chi connectivity index (χ2n) is 4.38. The van der Waals surface area contributed by atoms with E-state index in [4.69, 9.17) is 0 Å². The maximum Gasteiger partial charge on any atom is 0.117 e. The van der Waals surface area contributed by atoms with Crippen LogP contribution in [0.25, 0.3) is 10.8 Å². The Labute approximate surface area is 111 Å². The SMILES string of the molecule is O/N=C(/c1ccccc1)c1ccc2ccccc2c1. The van der Waals surface area contributed by atoms with Gasteiger partial charge in [-0.25, -0.2) is 0 Å². The van der Waals surface area contributed by atoms with E-state index in [1.54, 1.807) is 0 Å². The lowest BCUT2D eigenvalue weighted by atomic mass is 9.99. The van der Waals surface area contributed by atoms with Crippen LogP contribution >= 0.6 is 0 Å². The largest absolute Gasteiger partial charge is 0.410 e. The van der Waals surface area contributed by atoms with Crippen LogP contribution in [0.1, 0.15) is 11.1 Å². The number of rotatable bonds is 2. The molecule has 0 fully saturated rings. The number of hydrogen-bond acceptors (Lipinski definition) is 2. The number of hydrogen-bond donors (Lipinski definition) is 1. The Morgan fingerprint density at radius 2 is 1.37 bits per heavy atom. The number of benzene rings is 3. The van der Waals surface area contributed by atoms with Crippen LogP contribution in [-0.4, -0.2) is 10.9 Å². The van der Waals surface area contributed by atoms with Gasteiger partial charge >= 0.3 is 0 Å². The number of oxime groups is 1. The first-order chi connectivity index (χ1) is 9.38. The first-order valence-corrected chi connectivity index (χ1v) is 6.15. The molecule has 0 heterocycles. The molecule has 2 heteroatoms. The zero-order valence-corrected chi connectivity index (χ0v) is 10.3. The molecular formula is C17H13NO. The molecule has 0 atom stereocenters. The van der Waals surface area contributed by atoms with Crippen LogP contribution < -0.4 is 0 Å². The molecule has 0 aromatic heterocycles. The van der Waals surface area contributed by atoms with Crippen molar-refractivity contribution < 1.29 is 5.21 Å². The van der Waals surface area contributed by atoms with E-state index in [1.165, 1.54) is 5.39 Å². The Balaban J connectivity index is 2.12. The van der Waals surface area contributed by atoms with Crippen LogP contribution in [0.4, 0.5) is 0 Å². The Morgan fingerprint density at radius 3 is 2.11 bits per heavy atom. The van der Waals surface area contributed by atoms with Crippen LogP contribution in [0, 0.1) is 0 Å². The minimum atomic E-state index is 0.589. The Hall–Kier alpha value is -2.61. The van der Waals surface area contributed by atoms with Crippen molar-refractivity contribution in [3.63, 3.8) is 0 Å². The third-order valence-electron chi connectivity index (χ3n) is 3.17. The summed E-state index contributed by atoms with van der Waals surface area (Å²) >= 11 is 0. The summed E-state index contributed by atoms with van der Waals surface area (Å²) < 4.78 is 0. The molecule has 0 spiro atoms. The van der Waals surface area contributed by atoms with E-state index in [-0.39, 0.29) is 0 Å². The van der Waals surface area contributed by atoms with Crippen molar-refractivity contribution in [2.24, 2.45) is 5.16 Å². The van der Waals surface area contributed by atoms with Crippen molar-refractivity contribution in [3.8, 4) is 0 Å². The first kappa shape index (κ1) is 11.5. The monoisotopic (exact) mass is 247 g/mol. The van der Waals surface area contributed by atoms with Gasteiger partial charge in [-0.05, 0) is 16.8 Å². The van der Waals surface area contributed by atoms with E-state index in [9.17, 15) is 5.21 Å². The van der Waals surface area contributed by atoms with Crippen LogP contribution in [0.15, 0.2) is 78.0 Å². The zero-order chi connectivity index (χ0) is 13.1. The fourth-order valence-electron chi connectivity index (χ4n) is 2.21. The summed E-state index contributed by atoms with van der Waals surface area (Å²) in [5.74, 6) is 0. The summed E-state index contributed by atoms with van der Waals surface area (Å²) in [5, 5.41) is 15.1. The van der Waals surface area contributed by atoms with E-state index < -0.39 is 0 Å². The third-order valence-corrected chi connectivity index (χ3v) is 3.17. The van der Waals surface area contributed by atoms with Gasteiger partial charge in [0.2, 0.25) is 0 Å². The van der Waals surface area contributed by atoms with Crippen molar-refractivity contribution in [2.75, 3.05) is 0 Å². The minimum absolute atomic E-state index is 0.589. The van der Waals surface area contributed by atoms with Gasteiger partial charge in [0.25, 0.3) is 0 Å². The van der Waals surface area contributed by atoms with Gasteiger partial charge in [0.1, 0.15) is 5.71 Å². The normalized spacial score (nSPS) is 11.7. The minimum Gasteiger partial charge on any atom is -0.410 e. The highest BCUT2D eigenvalue weighted by atomic mass is 16.4. The topological polar surface area (TPSA) is 32.6 Å². The van der Waals surface area contributed by atoms with E-state index in [0.717, 1.165) is 16.5 Å². The molecule has 0 radical (unpaired) electrons. The summed E-state index contributed by atoms with van der Waals surface area (Å²) in [7, 11) is 0. The van der Waals surface area contributed by atoms with Gasteiger partial charge in [-0.15, -0.1) is 0 Å². The van der Waals surface area contributed by atoms with Crippen LogP contribution in [0.2, 0.25) is 0 Å². The van der Waals surface area contributed by atoms with Crippen molar-refractivity contribution in [1.82, 2.24) is 0 Å². The average Bonchev–Trinajstić information content (AvgIpc) is 2.49. The molecule has 0 unspecified atom stereocenters. The standard InChI is InChI=1S/C17H13NO/c19-18-17(14-7-2-1-3-8-14)16-11-10-13-6-4-5-9-15(13)12-16/h1-12,19H/b18-17-. The highest BCUT2D eigenvalue weighted by Gasteiger charge is 2.07. The molecular weight excluding hydrogens is 234 g/mol. The van der Waals surface area contributed by atoms with Gasteiger partial charge < -0.3 is 5.21 Å². The van der Waals surface area contributed by atoms with E-state index in [2.05, 4.69) is 17.3 Å². The van der Waals surface area contributed by atoms with Crippen LogP contribution in [0.5, 0.6) is 0 Å². The lowest BCUT2D eigenvalue weighted by Gasteiger charge is -2.06. The third kappa shape index (κ3) is 2.20. The van der Waals surface area contributed by atoms with Crippen molar-refractivity contribution in [1.29, 1.82) is 0 Å². The summed E-state index contributed by atoms with van der Waals surface area (Å²) in [6.45, 7) is 0. The van der Waals surface area contributed by atoms with Crippen LogP contribution in [0.3, 0.4) is 0 Å². The Bertz CT molecular complexity index is 732. The van der Waals surface area contributed by atoms with Crippen molar-refractivity contribution in [3.05, 3.63) is 83.9 Å². The van der Waals surface area contributed by atoms with Gasteiger partial charge in [0.15, 0.2) is 0 Å². The Kier molecular flexibility index (Phi) is 2.99. The van der Waals surface area contributed by atoms with E-state index in [1.807, 2.05) is 60.7 Å². The predicted octanol–water partition coefficient (Wildman–Crippen LogP) is 4.07. The average molecular weight is 247 g/mol. The lowest BCUT2D eigenvalue weighted by molar-refractivity contribution is 0.319. The predicted molar refractivity (Wildman–Crippen MR) is 77.8 cm³/mol. The van der Waals surface area contributed by atoms with Crippen molar-refractivity contribution >= 4 is 16.5 Å². The second kappa shape index (κ2) is 4.94. The quantitative estimate of drug-likeness (QED) is 0.413. The fourth-order valence-corrected chi connectivity index (χ4v) is 2.21. The van der Waals surface area contributed by atoms with Gasteiger partial charge in [0.05, 0.1) is 0 Å². The summed E-state index contributed by atoms with van der Waals surface area (Å²) in [6, 6.07) is 23.9. The van der Waals surface area contributed by atoms with Gasteiger partial charge in [-0.2, -0.15) is 0 Å². The molecule has 19 heavy (non-hydrogen) atoms.